The maximum atomic E-state index is 12.3. The molecule has 0 heterocycles. The van der Waals surface area contributed by atoms with Gasteiger partial charge in [-0.1, -0.05) is 19.4 Å². The Bertz CT molecular complexity index is 521. The molecule has 0 unspecified atom stereocenters. The summed E-state index contributed by atoms with van der Waals surface area (Å²) in [6.07, 6.45) is 1.82. The lowest BCUT2D eigenvalue weighted by Gasteiger charge is -2.16. The van der Waals surface area contributed by atoms with Crippen molar-refractivity contribution in [3.63, 3.8) is 0 Å². The predicted molar refractivity (Wildman–Crippen MR) is 75.3 cm³/mol. The van der Waals surface area contributed by atoms with Crippen LogP contribution in [-0.2, 0) is 10.0 Å². The van der Waals surface area contributed by atoms with Gasteiger partial charge in [-0.25, -0.2) is 13.1 Å². The average molecular weight is 269 g/mol. The lowest BCUT2D eigenvalue weighted by atomic mass is 10.1. The largest absolute Gasteiger partial charge is 0.241 e. The van der Waals surface area contributed by atoms with E-state index < -0.39 is 10.0 Å². The maximum Gasteiger partial charge on any atom is 0.241 e. The van der Waals surface area contributed by atoms with E-state index in [1.165, 1.54) is 0 Å². The molecule has 18 heavy (non-hydrogen) atoms. The number of aryl methyl sites for hydroxylation is 3. The molecule has 0 aromatic heterocycles. The molecule has 4 heteroatoms. The van der Waals surface area contributed by atoms with E-state index in [0.717, 1.165) is 29.5 Å². The van der Waals surface area contributed by atoms with Crippen LogP contribution in [0, 0.1) is 20.8 Å². The smallest absolute Gasteiger partial charge is 0.208 e. The second-order valence-corrected chi connectivity index (χ2v) is 6.70. The summed E-state index contributed by atoms with van der Waals surface area (Å²) in [5, 5.41) is 0. The fourth-order valence-electron chi connectivity index (χ4n) is 2.04. The number of rotatable bonds is 5. The van der Waals surface area contributed by atoms with E-state index in [4.69, 9.17) is 0 Å². The van der Waals surface area contributed by atoms with Crippen molar-refractivity contribution in [2.24, 2.45) is 0 Å². The molecule has 1 aromatic carbocycles. The van der Waals surface area contributed by atoms with Crippen LogP contribution in [0.3, 0.4) is 0 Å². The van der Waals surface area contributed by atoms with Crippen molar-refractivity contribution in [3.05, 3.63) is 28.8 Å². The van der Waals surface area contributed by atoms with Gasteiger partial charge in [-0.2, -0.15) is 0 Å². The van der Waals surface area contributed by atoms with Gasteiger partial charge in [-0.15, -0.1) is 0 Å². The summed E-state index contributed by atoms with van der Waals surface area (Å²) in [5.41, 5.74) is 2.92. The normalized spacial score (nSPS) is 13.6. The van der Waals surface area contributed by atoms with E-state index in [0.29, 0.717) is 4.90 Å². The molecule has 0 aliphatic heterocycles. The molecular weight excluding hydrogens is 246 g/mol. The summed E-state index contributed by atoms with van der Waals surface area (Å²) in [6, 6.07) is 3.65. The number of benzene rings is 1. The molecule has 0 amide bonds. The van der Waals surface area contributed by atoms with Crippen LogP contribution in [0.15, 0.2) is 17.0 Å². The summed E-state index contributed by atoms with van der Waals surface area (Å²) in [7, 11) is -3.40. The average Bonchev–Trinajstić information content (AvgIpc) is 2.22. The van der Waals surface area contributed by atoms with Gasteiger partial charge in [0.2, 0.25) is 10.0 Å². The molecule has 102 valence electrons. The van der Waals surface area contributed by atoms with E-state index in [2.05, 4.69) is 4.72 Å². The minimum absolute atomic E-state index is 0.0268. The first-order valence-corrected chi connectivity index (χ1v) is 7.86. The summed E-state index contributed by atoms with van der Waals surface area (Å²) >= 11 is 0. The van der Waals surface area contributed by atoms with Crippen LogP contribution >= 0.6 is 0 Å². The zero-order valence-electron chi connectivity index (χ0n) is 11.9. The van der Waals surface area contributed by atoms with Gasteiger partial charge in [0.1, 0.15) is 0 Å². The highest BCUT2D eigenvalue weighted by Crippen LogP contribution is 2.20. The SMILES string of the molecule is CCC[C@@H](C)NS(=O)(=O)c1cc(C)c(C)cc1C. The van der Waals surface area contributed by atoms with Crippen LogP contribution in [0.5, 0.6) is 0 Å². The molecule has 0 saturated carbocycles. The Morgan fingerprint density at radius 3 is 2.22 bits per heavy atom. The molecular formula is C14H23NO2S. The molecule has 0 aliphatic rings. The summed E-state index contributed by atoms with van der Waals surface area (Å²) in [4.78, 5) is 0.397. The predicted octanol–water partition coefficient (Wildman–Crippen LogP) is 3.08. The lowest BCUT2D eigenvalue weighted by Crippen LogP contribution is -2.32. The van der Waals surface area contributed by atoms with Crippen molar-refractivity contribution in [2.45, 2.75) is 58.4 Å². The molecule has 1 atom stereocenters. The van der Waals surface area contributed by atoms with E-state index in [9.17, 15) is 8.42 Å². The molecule has 1 N–H and O–H groups in total. The molecule has 0 saturated heterocycles. The van der Waals surface area contributed by atoms with Crippen LogP contribution in [-0.4, -0.2) is 14.5 Å². The minimum atomic E-state index is -3.40. The Balaban J connectivity index is 3.09. The van der Waals surface area contributed by atoms with Gasteiger partial charge < -0.3 is 0 Å². The van der Waals surface area contributed by atoms with Gasteiger partial charge in [-0.05, 0) is 56.9 Å². The van der Waals surface area contributed by atoms with E-state index in [1.807, 2.05) is 40.7 Å². The number of sulfonamides is 1. The zero-order valence-corrected chi connectivity index (χ0v) is 12.7. The Labute approximate surface area is 111 Å². The van der Waals surface area contributed by atoms with E-state index in [1.54, 1.807) is 6.07 Å². The van der Waals surface area contributed by atoms with Crippen molar-refractivity contribution >= 4 is 10.0 Å². The van der Waals surface area contributed by atoms with Gasteiger partial charge in [0, 0.05) is 6.04 Å². The van der Waals surface area contributed by atoms with Gasteiger partial charge in [0.25, 0.3) is 0 Å². The second-order valence-electron chi connectivity index (χ2n) is 5.01. The third-order valence-electron chi connectivity index (χ3n) is 3.16. The quantitative estimate of drug-likeness (QED) is 0.893. The van der Waals surface area contributed by atoms with Crippen LogP contribution < -0.4 is 4.72 Å². The Morgan fingerprint density at radius 1 is 1.11 bits per heavy atom. The van der Waals surface area contributed by atoms with Crippen LogP contribution in [0.2, 0.25) is 0 Å². The highest BCUT2D eigenvalue weighted by molar-refractivity contribution is 7.89. The van der Waals surface area contributed by atoms with Gasteiger partial charge >= 0.3 is 0 Å². The molecule has 0 spiro atoms. The molecule has 1 aromatic rings. The van der Waals surface area contributed by atoms with Crippen molar-refractivity contribution in [3.8, 4) is 0 Å². The van der Waals surface area contributed by atoms with Crippen molar-refractivity contribution in [2.75, 3.05) is 0 Å². The molecule has 0 bridgehead atoms. The molecule has 0 radical (unpaired) electrons. The van der Waals surface area contributed by atoms with Crippen molar-refractivity contribution < 1.29 is 8.42 Å². The minimum Gasteiger partial charge on any atom is -0.208 e. The topological polar surface area (TPSA) is 46.2 Å². The standard InChI is InChI=1S/C14H23NO2S/c1-6-7-13(5)15-18(16,17)14-9-11(3)10(2)8-12(14)4/h8-9,13,15H,6-7H2,1-5H3/t13-/m1/s1. The molecule has 0 aliphatic carbocycles. The third-order valence-corrected chi connectivity index (χ3v) is 4.89. The summed E-state index contributed by atoms with van der Waals surface area (Å²) in [5.74, 6) is 0. The van der Waals surface area contributed by atoms with Gasteiger partial charge in [-0.3, -0.25) is 0 Å². The molecule has 1 rings (SSSR count). The summed E-state index contributed by atoms with van der Waals surface area (Å²) < 4.78 is 27.3. The highest BCUT2D eigenvalue weighted by atomic mass is 32.2. The number of hydrogen-bond donors (Lipinski definition) is 1. The number of nitrogens with one attached hydrogen (secondary N) is 1. The highest BCUT2D eigenvalue weighted by Gasteiger charge is 2.19. The first kappa shape index (κ1) is 15.2. The Morgan fingerprint density at radius 2 is 1.67 bits per heavy atom. The fraction of sp³-hybridized carbons (Fsp3) is 0.571. The van der Waals surface area contributed by atoms with Crippen LogP contribution in [0.25, 0.3) is 0 Å². The van der Waals surface area contributed by atoms with Crippen molar-refractivity contribution in [1.82, 2.24) is 4.72 Å². The summed E-state index contributed by atoms with van der Waals surface area (Å²) in [6.45, 7) is 9.71. The van der Waals surface area contributed by atoms with E-state index >= 15 is 0 Å². The Hall–Kier alpha value is -0.870. The molecule has 0 fully saturated rings. The zero-order chi connectivity index (χ0) is 13.9. The van der Waals surface area contributed by atoms with Crippen LogP contribution in [0.4, 0.5) is 0 Å². The Kier molecular flexibility index (Phi) is 4.93. The third kappa shape index (κ3) is 3.56. The number of hydrogen-bond acceptors (Lipinski definition) is 2. The van der Waals surface area contributed by atoms with Crippen LogP contribution in [0.1, 0.15) is 43.4 Å². The fourth-order valence-corrected chi connectivity index (χ4v) is 3.63. The second kappa shape index (κ2) is 5.85. The van der Waals surface area contributed by atoms with Gasteiger partial charge in [0.05, 0.1) is 4.90 Å². The molecule has 3 nitrogen and oxygen atoms in total. The first-order chi connectivity index (χ1) is 8.27. The van der Waals surface area contributed by atoms with Gasteiger partial charge in [0.15, 0.2) is 0 Å². The van der Waals surface area contributed by atoms with Crippen molar-refractivity contribution in [1.29, 1.82) is 0 Å². The van der Waals surface area contributed by atoms with E-state index in [-0.39, 0.29) is 6.04 Å². The maximum absolute atomic E-state index is 12.3. The monoisotopic (exact) mass is 269 g/mol. The lowest BCUT2D eigenvalue weighted by molar-refractivity contribution is 0.543. The first-order valence-electron chi connectivity index (χ1n) is 6.38.